The van der Waals surface area contributed by atoms with Crippen LogP contribution < -0.4 is 16.0 Å². The number of nitrogen functional groups attached to an aromatic ring is 1. The summed E-state index contributed by atoms with van der Waals surface area (Å²) in [5, 5.41) is 11.3. The van der Waals surface area contributed by atoms with Crippen LogP contribution in [-0.4, -0.2) is 9.91 Å². The molecule has 0 radical (unpaired) electrons. The molecule has 0 saturated carbocycles. The maximum atomic E-state index is 11.0. The summed E-state index contributed by atoms with van der Waals surface area (Å²) in [6, 6.07) is 7.90. The van der Waals surface area contributed by atoms with Crippen LogP contribution in [-0.2, 0) is 6.61 Å². The Hall–Kier alpha value is -1.90. The number of hydrogen-bond acceptors (Lipinski definition) is 6. The number of pyridine rings is 1. The first kappa shape index (κ1) is 15.5. The number of nitro benzene ring substituents is 1. The van der Waals surface area contributed by atoms with Crippen molar-refractivity contribution < 1.29 is 9.66 Å². The smallest absolute Gasteiger partial charge is 0.313 e. The van der Waals surface area contributed by atoms with Gasteiger partial charge in [-0.2, -0.15) is 0 Å². The molecule has 9 heteroatoms. The number of nitrogens with one attached hydrogen (secondary N) is 1. The fourth-order valence-corrected chi connectivity index (χ4v) is 2.52. The first-order valence-electron chi connectivity index (χ1n) is 5.70. The van der Waals surface area contributed by atoms with Crippen LogP contribution >= 0.6 is 27.5 Å². The Labute approximate surface area is 133 Å². The Morgan fingerprint density at radius 1 is 1.48 bits per heavy atom. The van der Waals surface area contributed by atoms with Gasteiger partial charge >= 0.3 is 5.69 Å². The summed E-state index contributed by atoms with van der Waals surface area (Å²) in [5.74, 6) is 5.83. The van der Waals surface area contributed by atoms with Crippen LogP contribution in [0.5, 0.6) is 5.75 Å². The zero-order valence-corrected chi connectivity index (χ0v) is 12.9. The third-order valence-corrected chi connectivity index (χ3v) is 3.31. The van der Waals surface area contributed by atoms with Gasteiger partial charge in [0.1, 0.15) is 12.4 Å². The van der Waals surface area contributed by atoms with E-state index in [9.17, 15) is 10.1 Å². The lowest BCUT2D eigenvalue weighted by atomic mass is 10.3. The van der Waals surface area contributed by atoms with Crippen molar-refractivity contribution in [1.82, 2.24) is 4.98 Å². The van der Waals surface area contributed by atoms with Gasteiger partial charge in [-0.05, 0) is 34.1 Å². The normalized spacial score (nSPS) is 10.2. The Kier molecular flexibility index (Phi) is 4.94. The average molecular weight is 374 g/mol. The van der Waals surface area contributed by atoms with Gasteiger partial charge in [0.25, 0.3) is 0 Å². The standard InChI is InChI=1S/C12H10BrClN4O3/c13-9-4-7(14)5-10(18(19)20)12(9)21-6-8-2-1-3-11(16-8)17-15/h1-5H,6,15H2,(H,16,17). The molecule has 0 aliphatic carbocycles. The van der Waals surface area contributed by atoms with E-state index in [-0.39, 0.29) is 23.1 Å². The van der Waals surface area contributed by atoms with E-state index in [2.05, 4.69) is 26.3 Å². The van der Waals surface area contributed by atoms with Crippen molar-refractivity contribution in [2.24, 2.45) is 5.84 Å². The number of hydrogen-bond donors (Lipinski definition) is 2. The number of ether oxygens (including phenoxy) is 1. The Balaban J connectivity index is 2.25. The molecule has 0 bridgehead atoms. The maximum Gasteiger partial charge on any atom is 0.313 e. The number of hydrazine groups is 1. The summed E-state index contributed by atoms with van der Waals surface area (Å²) >= 11 is 9.00. The number of aromatic nitrogens is 1. The molecule has 7 nitrogen and oxygen atoms in total. The van der Waals surface area contributed by atoms with Gasteiger partial charge in [0.15, 0.2) is 0 Å². The van der Waals surface area contributed by atoms with E-state index in [4.69, 9.17) is 22.2 Å². The highest BCUT2D eigenvalue weighted by atomic mass is 79.9. The zero-order chi connectivity index (χ0) is 15.4. The first-order valence-corrected chi connectivity index (χ1v) is 6.87. The third kappa shape index (κ3) is 3.81. The highest BCUT2D eigenvalue weighted by molar-refractivity contribution is 9.10. The molecule has 0 atom stereocenters. The molecule has 0 amide bonds. The largest absolute Gasteiger partial charge is 0.480 e. The molecule has 2 aromatic rings. The minimum atomic E-state index is -0.558. The van der Waals surface area contributed by atoms with Gasteiger partial charge in [0, 0.05) is 11.1 Å². The van der Waals surface area contributed by atoms with Crippen molar-refractivity contribution in [3.8, 4) is 5.75 Å². The highest BCUT2D eigenvalue weighted by Crippen LogP contribution is 2.38. The molecule has 1 heterocycles. The topological polar surface area (TPSA) is 103 Å². The van der Waals surface area contributed by atoms with Gasteiger partial charge in [-0.3, -0.25) is 10.1 Å². The number of halogens is 2. The van der Waals surface area contributed by atoms with E-state index in [0.29, 0.717) is 16.0 Å². The molecular weight excluding hydrogens is 364 g/mol. The van der Waals surface area contributed by atoms with Crippen molar-refractivity contribution in [3.63, 3.8) is 0 Å². The molecular formula is C12H10BrClN4O3. The fraction of sp³-hybridized carbons (Fsp3) is 0.0833. The molecule has 0 spiro atoms. The Morgan fingerprint density at radius 2 is 2.24 bits per heavy atom. The summed E-state index contributed by atoms with van der Waals surface area (Å²) < 4.78 is 5.89. The van der Waals surface area contributed by atoms with Gasteiger partial charge in [-0.25, -0.2) is 10.8 Å². The molecule has 2 rings (SSSR count). The van der Waals surface area contributed by atoms with E-state index in [1.807, 2.05) is 0 Å². The van der Waals surface area contributed by atoms with Crippen LogP contribution in [0, 0.1) is 10.1 Å². The van der Waals surface area contributed by atoms with Gasteiger partial charge in [-0.1, -0.05) is 17.7 Å². The predicted molar refractivity (Wildman–Crippen MR) is 82.2 cm³/mol. The lowest BCUT2D eigenvalue weighted by molar-refractivity contribution is -0.386. The van der Waals surface area contributed by atoms with Gasteiger partial charge in [-0.15, -0.1) is 0 Å². The molecule has 1 aromatic carbocycles. The molecule has 0 saturated heterocycles. The van der Waals surface area contributed by atoms with Gasteiger partial charge in [0.2, 0.25) is 5.75 Å². The molecule has 0 aliphatic rings. The van der Waals surface area contributed by atoms with Crippen LogP contribution in [0.1, 0.15) is 5.69 Å². The van der Waals surface area contributed by atoms with Crippen LogP contribution in [0.4, 0.5) is 11.5 Å². The van der Waals surface area contributed by atoms with Crippen molar-refractivity contribution in [1.29, 1.82) is 0 Å². The molecule has 0 unspecified atom stereocenters. The minimum absolute atomic E-state index is 0.0522. The second kappa shape index (κ2) is 6.70. The average Bonchev–Trinajstić information content (AvgIpc) is 2.45. The molecule has 0 fully saturated rings. The van der Waals surface area contributed by atoms with E-state index in [1.165, 1.54) is 12.1 Å². The van der Waals surface area contributed by atoms with Crippen molar-refractivity contribution in [3.05, 3.63) is 55.6 Å². The number of nitrogens with two attached hydrogens (primary N) is 1. The zero-order valence-electron chi connectivity index (χ0n) is 10.5. The van der Waals surface area contributed by atoms with E-state index in [0.717, 1.165) is 0 Å². The van der Waals surface area contributed by atoms with Crippen LogP contribution in [0.3, 0.4) is 0 Å². The number of benzene rings is 1. The Bertz CT molecular complexity index is 684. The van der Waals surface area contributed by atoms with Crippen molar-refractivity contribution in [2.45, 2.75) is 6.61 Å². The monoisotopic (exact) mass is 372 g/mol. The number of nitrogens with zero attached hydrogens (tertiary/aromatic N) is 2. The number of rotatable bonds is 5. The lowest BCUT2D eigenvalue weighted by Gasteiger charge is -2.09. The lowest BCUT2D eigenvalue weighted by Crippen LogP contribution is -2.10. The maximum absolute atomic E-state index is 11.0. The fourth-order valence-electron chi connectivity index (χ4n) is 1.61. The van der Waals surface area contributed by atoms with Crippen molar-refractivity contribution in [2.75, 3.05) is 5.43 Å². The van der Waals surface area contributed by atoms with E-state index in [1.54, 1.807) is 18.2 Å². The number of anilines is 1. The Morgan fingerprint density at radius 3 is 2.90 bits per heavy atom. The molecule has 110 valence electrons. The van der Waals surface area contributed by atoms with Gasteiger partial charge in [0.05, 0.1) is 15.1 Å². The summed E-state index contributed by atoms with van der Waals surface area (Å²) in [7, 11) is 0. The molecule has 21 heavy (non-hydrogen) atoms. The molecule has 3 N–H and O–H groups in total. The second-order valence-corrected chi connectivity index (χ2v) is 5.23. The summed E-state index contributed by atoms with van der Waals surface area (Å²) in [6.07, 6.45) is 0. The summed E-state index contributed by atoms with van der Waals surface area (Å²) in [4.78, 5) is 14.6. The number of nitro groups is 1. The summed E-state index contributed by atoms with van der Waals surface area (Å²) in [5.41, 5.74) is 2.76. The molecule has 0 aliphatic heterocycles. The third-order valence-electron chi connectivity index (χ3n) is 2.50. The van der Waals surface area contributed by atoms with Crippen LogP contribution in [0.15, 0.2) is 34.8 Å². The quantitative estimate of drug-likeness (QED) is 0.473. The SMILES string of the molecule is NNc1cccc(COc2c(Br)cc(Cl)cc2[N+](=O)[O-])n1. The first-order chi connectivity index (χ1) is 10.0. The summed E-state index contributed by atoms with van der Waals surface area (Å²) in [6.45, 7) is 0.0522. The van der Waals surface area contributed by atoms with E-state index < -0.39 is 4.92 Å². The minimum Gasteiger partial charge on any atom is -0.480 e. The highest BCUT2D eigenvalue weighted by Gasteiger charge is 2.20. The van der Waals surface area contributed by atoms with Gasteiger partial charge < -0.3 is 10.2 Å². The van der Waals surface area contributed by atoms with Crippen LogP contribution in [0.2, 0.25) is 5.02 Å². The van der Waals surface area contributed by atoms with E-state index >= 15 is 0 Å². The molecule has 1 aromatic heterocycles. The predicted octanol–water partition coefficient (Wildman–Crippen LogP) is 3.27. The second-order valence-electron chi connectivity index (χ2n) is 3.94. The van der Waals surface area contributed by atoms with Crippen LogP contribution in [0.25, 0.3) is 0 Å². The van der Waals surface area contributed by atoms with Crippen molar-refractivity contribution >= 4 is 39.0 Å².